The Hall–Kier alpha value is -3.20. The van der Waals surface area contributed by atoms with Crippen molar-refractivity contribution < 1.29 is 18.4 Å². The van der Waals surface area contributed by atoms with Gasteiger partial charge < -0.3 is 10.6 Å². The lowest BCUT2D eigenvalue weighted by Gasteiger charge is -2.10. The second-order valence-electron chi connectivity index (χ2n) is 6.59. The summed E-state index contributed by atoms with van der Waals surface area (Å²) in [5.41, 5.74) is 3.40. The zero-order chi connectivity index (χ0) is 21.7. The van der Waals surface area contributed by atoms with Gasteiger partial charge in [0.15, 0.2) is 16.8 Å². The Morgan fingerprint density at radius 2 is 1.83 bits per heavy atom. The molecule has 0 atom stereocenters. The average Bonchev–Trinajstić information content (AvgIpc) is 3.18. The Bertz CT molecular complexity index is 1080. The van der Waals surface area contributed by atoms with E-state index < -0.39 is 17.5 Å². The van der Waals surface area contributed by atoms with Gasteiger partial charge in [-0.15, -0.1) is 0 Å². The normalized spacial score (nSPS) is 10.7. The number of rotatable bonds is 7. The molecule has 0 saturated carbocycles. The summed E-state index contributed by atoms with van der Waals surface area (Å²) in [5.74, 6) is -2.89. The number of amides is 2. The molecular formula is C21H20F2N4O2S. The molecule has 2 aromatic carbocycles. The lowest BCUT2D eigenvalue weighted by molar-refractivity contribution is -0.122. The Kier molecular flexibility index (Phi) is 6.83. The Balaban J connectivity index is 1.50. The minimum Gasteiger partial charge on any atom is -0.346 e. The van der Waals surface area contributed by atoms with E-state index in [1.165, 1.54) is 23.4 Å². The molecule has 6 nitrogen and oxygen atoms in total. The van der Waals surface area contributed by atoms with Crippen molar-refractivity contribution in [3.8, 4) is 5.69 Å². The fourth-order valence-electron chi connectivity index (χ4n) is 2.61. The van der Waals surface area contributed by atoms with Crippen LogP contribution < -0.4 is 10.6 Å². The van der Waals surface area contributed by atoms with Crippen LogP contribution >= 0.6 is 11.8 Å². The Morgan fingerprint density at radius 3 is 2.57 bits per heavy atom. The summed E-state index contributed by atoms with van der Waals surface area (Å²) in [5, 5.41) is 5.53. The molecule has 0 bridgehead atoms. The average molecular weight is 430 g/mol. The molecule has 1 heterocycles. The number of benzene rings is 2. The molecule has 0 aliphatic rings. The summed E-state index contributed by atoms with van der Waals surface area (Å²) in [6, 6.07) is 9.08. The molecule has 1 aromatic heterocycles. The molecule has 0 spiro atoms. The number of nitrogens with one attached hydrogen (secondary N) is 2. The third-order valence-corrected chi connectivity index (χ3v) is 5.32. The van der Waals surface area contributed by atoms with Crippen LogP contribution in [0, 0.1) is 25.5 Å². The zero-order valence-corrected chi connectivity index (χ0v) is 17.2. The standard InChI is InChI=1S/C21H20F2N4O2S/c1-13-3-5-16(9-14(13)2)27-8-7-24-21(27)30-12-20(29)25-11-19(28)26-15-4-6-17(22)18(23)10-15/h3-10H,11-12H2,1-2H3,(H,25,29)(H,26,28). The minimum atomic E-state index is -1.06. The van der Waals surface area contributed by atoms with Gasteiger partial charge in [-0.05, 0) is 49.2 Å². The molecule has 156 valence electrons. The van der Waals surface area contributed by atoms with E-state index in [-0.39, 0.29) is 23.9 Å². The maximum absolute atomic E-state index is 13.2. The van der Waals surface area contributed by atoms with Gasteiger partial charge in [0.05, 0.1) is 12.3 Å². The highest BCUT2D eigenvalue weighted by Gasteiger charge is 2.11. The van der Waals surface area contributed by atoms with E-state index in [1.54, 1.807) is 6.20 Å². The number of aromatic nitrogens is 2. The van der Waals surface area contributed by atoms with Gasteiger partial charge in [0.1, 0.15) is 0 Å². The minimum absolute atomic E-state index is 0.0698. The molecule has 0 unspecified atom stereocenters. The van der Waals surface area contributed by atoms with Crippen molar-refractivity contribution in [1.82, 2.24) is 14.9 Å². The smallest absolute Gasteiger partial charge is 0.243 e. The second kappa shape index (κ2) is 9.53. The first kappa shape index (κ1) is 21.5. The van der Waals surface area contributed by atoms with E-state index in [1.807, 2.05) is 42.8 Å². The Morgan fingerprint density at radius 1 is 1.03 bits per heavy atom. The number of carbonyl (C=O) groups is 2. The molecule has 0 radical (unpaired) electrons. The van der Waals surface area contributed by atoms with Gasteiger partial charge in [-0.25, -0.2) is 13.8 Å². The summed E-state index contributed by atoms with van der Waals surface area (Å²) in [4.78, 5) is 28.2. The van der Waals surface area contributed by atoms with Gasteiger partial charge in [0.25, 0.3) is 0 Å². The molecule has 0 aliphatic heterocycles. The van der Waals surface area contributed by atoms with E-state index in [0.717, 1.165) is 23.4 Å². The van der Waals surface area contributed by atoms with Gasteiger partial charge in [-0.3, -0.25) is 14.2 Å². The van der Waals surface area contributed by atoms with Crippen molar-refractivity contribution in [2.75, 3.05) is 17.6 Å². The topological polar surface area (TPSA) is 76.0 Å². The number of nitrogens with zero attached hydrogens (tertiary/aromatic N) is 2. The Labute approximate surface area is 176 Å². The molecule has 0 fully saturated rings. The number of imidazole rings is 1. The van der Waals surface area contributed by atoms with Crippen LogP contribution in [0.2, 0.25) is 0 Å². The first-order chi connectivity index (χ1) is 14.3. The van der Waals surface area contributed by atoms with Crippen LogP contribution in [-0.2, 0) is 9.59 Å². The van der Waals surface area contributed by atoms with E-state index >= 15 is 0 Å². The maximum atomic E-state index is 13.2. The van der Waals surface area contributed by atoms with Crippen LogP contribution in [0.5, 0.6) is 0 Å². The van der Waals surface area contributed by atoms with E-state index in [2.05, 4.69) is 15.6 Å². The maximum Gasteiger partial charge on any atom is 0.243 e. The predicted molar refractivity (Wildman–Crippen MR) is 112 cm³/mol. The van der Waals surface area contributed by atoms with Gasteiger partial charge >= 0.3 is 0 Å². The largest absolute Gasteiger partial charge is 0.346 e. The molecular weight excluding hydrogens is 410 g/mol. The lowest BCUT2D eigenvalue weighted by Crippen LogP contribution is -2.34. The van der Waals surface area contributed by atoms with Crippen LogP contribution in [-0.4, -0.2) is 33.7 Å². The van der Waals surface area contributed by atoms with Crippen LogP contribution in [0.25, 0.3) is 5.69 Å². The second-order valence-corrected chi connectivity index (χ2v) is 7.53. The molecule has 3 rings (SSSR count). The molecule has 2 amide bonds. The highest BCUT2D eigenvalue weighted by Crippen LogP contribution is 2.22. The first-order valence-electron chi connectivity index (χ1n) is 9.09. The summed E-state index contributed by atoms with van der Waals surface area (Å²) >= 11 is 1.24. The van der Waals surface area contributed by atoms with Crippen LogP contribution in [0.15, 0.2) is 53.9 Å². The number of halogens is 2. The third-order valence-electron chi connectivity index (χ3n) is 4.36. The van der Waals surface area contributed by atoms with Gasteiger partial charge in [0.2, 0.25) is 11.8 Å². The number of thioether (sulfide) groups is 1. The SMILES string of the molecule is Cc1ccc(-n2ccnc2SCC(=O)NCC(=O)Nc2ccc(F)c(F)c2)cc1C. The number of anilines is 1. The molecule has 2 N–H and O–H groups in total. The highest BCUT2D eigenvalue weighted by atomic mass is 32.2. The van der Waals surface area contributed by atoms with Crippen LogP contribution in [0.3, 0.4) is 0 Å². The summed E-state index contributed by atoms with van der Waals surface area (Å²) in [7, 11) is 0. The third kappa shape index (κ3) is 5.44. The van der Waals surface area contributed by atoms with E-state index in [9.17, 15) is 18.4 Å². The quantitative estimate of drug-likeness (QED) is 0.562. The van der Waals surface area contributed by atoms with E-state index in [4.69, 9.17) is 0 Å². The molecule has 30 heavy (non-hydrogen) atoms. The van der Waals surface area contributed by atoms with Crippen molar-refractivity contribution in [3.05, 3.63) is 71.6 Å². The number of hydrogen-bond donors (Lipinski definition) is 2. The lowest BCUT2D eigenvalue weighted by atomic mass is 10.1. The van der Waals surface area contributed by atoms with Crippen molar-refractivity contribution >= 4 is 29.3 Å². The summed E-state index contributed by atoms with van der Waals surface area (Å²) < 4.78 is 28.0. The van der Waals surface area contributed by atoms with E-state index in [0.29, 0.717) is 5.16 Å². The molecule has 0 aliphatic carbocycles. The van der Waals surface area contributed by atoms with Crippen molar-refractivity contribution in [2.24, 2.45) is 0 Å². The number of hydrogen-bond acceptors (Lipinski definition) is 4. The number of aryl methyl sites for hydroxylation is 2. The zero-order valence-electron chi connectivity index (χ0n) is 16.4. The predicted octanol–water partition coefficient (Wildman–Crippen LogP) is 3.61. The van der Waals surface area contributed by atoms with Gasteiger partial charge in [-0.1, -0.05) is 17.8 Å². The number of carbonyl (C=O) groups excluding carboxylic acids is 2. The first-order valence-corrected chi connectivity index (χ1v) is 10.1. The van der Waals surface area contributed by atoms with Crippen molar-refractivity contribution in [3.63, 3.8) is 0 Å². The fourth-order valence-corrected chi connectivity index (χ4v) is 3.41. The van der Waals surface area contributed by atoms with Crippen LogP contribution in [0.1, 0.15) is 11.1 Å². The van der Waals surface area contributed by atoms with Crippen molar-refractivity contribution in [1.29, 1.82) is 0 Å². The molecule has 9 heteroatoms. The highest BCUT2D eigenvalue weighted by molar-refractivity contribution is 7.99. The van der Waals surface area contributed by atoms with Gasteiger partial charge in [-0.2, -0.15) is 0 Å². The monoisotopic (exact) mass is 430 g/mol. The van der Waals surface area contributed by atoms with Gasteiger partial charge in [0, 0.05) is 29.8 Å². The van der Waals surface area contributed by atoms with Crippen molar-refractivity contribution in [2.45, 2.75) is 19.0 Å². The summed E-state index contributed by atoms with van der Waals surface area (Å²) in [6.45, 7) is 3.78. The fraction of sp³-hybridized carbons (Fsp3) is 0.190. The van der Waals surface area contributed by atoms with Crippen LogP contribution in [0.4, 0.5) is 14.5 Å². The summed E-state index contributed by atoms with van der Waals surface area (Å²) in [6.07, 6.45) is 3.48. The molecule has 0 saturated heterocycles. The molecule has 3 aromatic rings.